The molecule has 0 radical (unpaired) electrons. The molecule has 1 aliphatic rings. The molecule has 2 rings (SSSR count). The second-order valence-corrected chi connectivity index (χ2v) is 7.13. The minimum absolute atomic E-state index is 0.0239. The molecule has 1 N–H and O–H groups in total. The maximum absolute atomic E-state index is 12.4. The third-order valence-corrected chi connectivity index (χ3v) is 4.26. The number of nitrogens with zero attached hydrogens (tertiary/aromatic N) is 2. The van der Waals surface area contributed by atoms with Crippen LogP contribution in [0.2, 0.25) is 0 Å². The molecule has 1 aromatic heterocycles. The van der Waals surface area contributed by atoms with Crippen molar-refractivity contribution in [1.29, 1.82) is 0 Å². The molecule has 1 heterocycles. The van der Waals surface area contributed by atoms with E-state index in [9.17, 15) is 4.79 Å². The van der Waals surface area contributed by atoms with E-state index in [1.54, 1.807) is 17.0 Å². The van der Waals surface area contributed by atoms with Gasteiger partial charge in [0.15, 0.2) is 5.82 Å². The van der Waals surface area contributed by atoms with Crippen LogP contribution in [-0.4, -0.2) is 16.1 Å². The molecule has 0 aliphatic heterocycles. The molecule has 0 bridgehead atoms. The van der Waals surface area contributed by atoms with Gasteiger partial charge in [-0.15, -0.1) is 0 Å². The highest BCUT2D eigenvalue weighted by Gasteiger charge is 2.20. The van der Waals surface area contributed by atoms with Crippen LogP contribution in [0.25, 0.3) is 0 Å². The van der Waals surface area contributed by atoms with E-state index in [0.717, 1.165) is 12.5 Å². The molecule has 0 spiro atoms. The quantitative estimate of drug-likeness (QED) is 0.922. The van der Waals surface area contributed by atoms with Gasteiger partial charge in [-0.1, -0.05) is 19.8 Å². The molecule has 1 aliphatic carbocycles. The summed E-state index contributed by atoms with van der Waals surface area (Å²) in [6.07, 6.45) is 8.60. The first kappa shape index (κ1) is 15.1. The van der Waals surface area contributed by atoms with Crippen molar-refractivity contribution < 1.29 is 0 Å². The molecule has 0 unspecified atom stereocenters. The van der Waals surface area contributed by atoms with Gasteiger partial charge in [0.05, 0.1) is 0 Å². The first-order chi connectivity index (χ1) is 9.38. The number of hydrogen-bond acceptors (Lipinski definition) is 3. The highest BCUT2D eigenvalue weighted by atomic mass is 16.1. The van der Waals surface area contributed by atoms with Crippen molar-refractivity contribution in [3.63, 3.8) is 0 Å². The Morgan fingerprint density at radius 3 is 2.55 bits per heavy atom. The van der Waals surface area contributed by atoms with Gasteiger partial charge in [-0.3, -0.25) is 4.79 Å². The smallest absolute Gasteiger partial charge is 0.293 e. The Bertz CT molecular complexity index is 493. The van der Waals surface area contributed by atoms with E-state index in [0.29, 0.717) is 11.7 Å². The van der Waals surface area contributed by atoms with Gasteiger partial charge in [-0.05, 0) is 45.4 Å². The molecule has 0 saturated heterocycles. The van der Waals surface area contributed by atoms with E-state index in [-0.39, 0.29) is 11.1 Å². The second-order valence-electron chi connectivity index (χ2n) is 7.13. The number of rotatable bonds is 3. The van der Waals surface area contributed by atoms with Gasteiger partial charge in [-0.2, -0.15) is 0 Å². The standard InChI is InChI=1S/C16H27N3O/c1-12-5-7-13(8-6-12)11-18-14-15(20)19(10-9-17-14)16(2,3)4/h9-10,12-13H,5-8,11H2,1-4H3,(H,17,18). The van der Waals surface area contributed by atoms with E-state index in [2.05, 4.69) is 17.2 Å². The molecule has 0 atom stereocenters. The highest BCUT2D eigenvalue weighted by Crippen LogP contribution is 2.28. The zero-order valence-electron chi connectivity index (χ0n) is 13.1. The summed E-state index contributed by atoms with van der Waals surface area (Å²) in [6.45, 7) is 9.27. The largest absolute Gasteiger partial charge is 0.365 e. The van der Waals surface area contributed by atoms with Crippen molar-refractivity contribution >= 4 is 5.82 Å². The first-order valence-electron chi connectivity index (χ1n) is 7.70. The maximum Gasteiger partial charge on any atom is 0.293 e. The average molecular weight is 277 g/mol. The lowest BCUT2D eigenvalue weighted by Crippen LogP contribution is -2.35. The second kappa shape index (κ2) is 5.98. The molecule has 1 fully saturated rings. The summed E-state index contributed by atoms with van der Waals surface area (Å²) in [5.41, 5.74) is -0.235. The monoisotopic (exact) mass is 277 g/mol. The van der Waals surface area contributed by atoms with Gasteiger partial charge in [-0.25, -0.2) is 4.98 Å². The number of nitrogens with one attached hydrogen (secondary N) is 1. The summed E-state index contributed by atoms with van der Waals surface area (Å²) >= 11 is 0. The third-order valence-electron chi connectivity index (χ3n) is 4.26. The topological polar surface area (TPSA) is 46.9 Å². The van der Waals surface area contributed by atoms with E-state index in [4.69, 9.17) is 0 Å². The molecule has 4 nitrogen and oxygen atoms in total. The minimum atomic E-state index is -0.212. The van der Waals surface area contributed by atoms with Crippen LogP contribution in [0.5, 0.6) is 0 Å². The Kier molecular flexibility index (Phi) is 4.51. The first-order valence-corrected chi connectivity index (χ1v) is 7.70. The lowest BCUT2D eigenvalue weighted by atomic mass is 9.83. The van der Waals surface area contributed by atoms with Crippen LogP contribution in [0.1, 0.15) is 53.4 Å². The molecule has 0 amide bonds. The van der Waals surface area contributed by atoms with Gasteiger partial charge in [0.2, 0.25) is 0 Å². The third kappa shape index (κ3) is 3.62. The summed E-state index contributed by atoms with van der Waals surface area (Å²) in [5, 5.41) is 3.27. The van der Waals surface area contributed by atoms with E-state index in [1.807, 2.05) is 20.8 Å². The van der Waals surface area contributed by atoms with Crippen molar-refractivity contribution in [3.8, 4) is 0 Å². The predicted molar refractivity (Wildman–Crippen MR) is 83.1 cm³/mol. The van der Waals surface area contributed by atoms with E-state index < -0.39 is 0 Å². The lowest BCUT2D eigenvalue weighted by molar-refractivity contribution is 0.300. The van der Waals surface area contributed by atoms with E-state index >= 15 is 0 Å². The summed E-state index contributed by atoms with van der Waals surface area (Å²) < 4.78 is 1.74. The van der Waals surface area contributed by atoms with Crippen molar-refractivity contribution in [2.24, 2.45) is 11.8 Å². The van der Waals surface area contributed by atoms with Crippen LogP contribution in [0.4, 0.5) is 5.82 Å². The average Bonchev–Trinajstić information content (AvgIpc) is 2.38. The van der Waals surface area contributed by atoms with Gasteiger partial charge in [0.1, 0.15) is 0 Å². The van der Waals surface area contributed by atoms with E-state index in [1.165, 1.54) is 25.7 Å². The summed E-state index contributed by atoms with van der Waals surface area (Å²) in [6, 6.07) is 0. The van der Waals surface area contributed by atoms with Crippen molar-refractivity contribution in [3.05, 3.63) is 22.7 Å². The highest BCUT2D eigenvalue weighted by molar-refractivity contribution is 5.31. The Labute approximate surface area is 121 Å². The zero-order chi connectivity index (χ0) is 14.8. The normalized spacial score (nSPS) is 23.6. The molecule has 1 saturated carbocycles. The summed E-state index contributed by atoms with van der Waals surface area (Å²) in [7, 11) is 0. The van der Waals surface area contributed by atoms with Crippen LogP contribution in [0.15, 0.2) is 17.2 Å². The van der Waals surface area contributed by atoms with Crippen molar-refractivity contribution in [2.75, 3.05) is 11.9 Å². The molecule has 0 aromatic carbocycles. The maximum atomic E-state index is 12.4. The van der Waals surface area contributed by atoms with Crippen LogP contribution >= 0.6 is 0 Å². The Balaban J connectivity index is 2.02. The van der Waals surface area contributed by atoms with Gasteiger partial charge >= 0.3 is 0 Å². The SMILES string of the molecule is CC1CCC(CNc2nccn(C(C)(C)C)c2=O)CC1. The molecule has 112 valence electrons. The Hall–Kier alpha value is -1.32. The number of aromatic nitrogens is 2. The number of anilines is 1. The fraction of sp³-hybridized carbons (Fsp3) is 0.750. The predicted octanol–water partition coefficient (Wildman–Crippen LogP) is 3.24. The zero-order valence-corrected chi connectivity index (χ0v) is 13.1. The summed E-state index contributed by atoms with van der Waals surface area (Å²) in [5.74, 6) is 2.02. The number of hydrogen-bond donors (Lipinski definition) is 1. The minimum Gasteiger partial charge on any atom is -0.365 e. The molecular formula is C16H27N3O. The Morgan fingerprint density at radius 1 is 1.30 bits per heavy atom. The Morgan fingerprint density at radius 2 is 1.95 bits per heavy atom. The van der Waals surface area contributed by atoms with Crippen LogP contribution in [0.3, 0.4) is 0 Å². The molecule has 20 heavy (non-hydrogen) atoms. The fourth-order valence-corrected chi connectivity index (χ4v) is 2.84. The van der Waals surface area contributed by atoms with Crippen LogP contribution in [-0.2, 0) is 5.54 Å². The molecule has 4 heteroatoms. The van der Waals surface area contributed by atoms with Crippen LogP contribution < -0.4 is 10.9 Å². The van der Waals surface area contributed by atoms with Gasteiger partial charge in [0, 0.05) is 24.5 Å². The molecular weight excluding hydrogens is 250 g/mol. The van der Waals surface area contributed by atoms with Crippen molar-refractivity contribution in [2.45, 2.75) is 58.9 Å². The van der Waals surface area contributed by atoms with Crippen LogP contribution in [0, 0.1) is 11.8 Å². The van der Waals surface area contributed by atoms with Gasteiger partial charge in [0.25, 0.3) is 5.56 Å². The molecule has 1 aromatic rings. The fourth-order valence-electron chi connectivity index (χ4n) is 2.84. The lowest BCUT2D eigenvalue weighted by Gasteiger charge is -2.27. The van der Waals surface area contributed by atoms with Gasteiger partial charge < -0.3 is 9.88 Å². The van der Waals surface area contributed by atoms with Crippen molar-refractivity contribution in [1.82, 2.24) is 9.55 Å². The summed E-state index contributed by atoms with van der Waals surface area (Å²) in [4.78, 5) is 16.6.